The maximum atomic E-state index is 12.4. The number of hydrogen-bond donors (Lipinski definition) is 2. The summed E-state index contributed by atoms with van der Waals surface area (Å²) in [4.78, 5) is 31.0. The zero-order chi connectivity index (χ0) is 24.0. The number of rotatable bonds is 4. The Kier molecular flexibility index (Phi) is 5.90. The summed E-state index contributed by atoms with van der Waals surface area (Å²) in [5, 5.41) is 21.1. The van der Waals surface area contributed by atoms with Gasteiger partial charge in [-0.2, -0.15) is 0 Å². The Hall–Kier alpha value is -3.19. The summed E-state index contributed by atoms with van der Waals surface area (Å²) in [5.41, 5.74) is 4.36. The lowest BCUT2D eigenvalue weighted by Gasteiger charge is -2.35. The lowest BCUT2D eigenvalue weighted by Crippen LogP contribution is -2.40. The molecule has 1 aliphatic heterocycles. The Balaban J connectivity index is 1.70. The molecule has 1 saturated carbocycles. The molecule has 0 saturated heterocycles. The normalized spacial score (nSPS) is 23.5. The molecule has 7 heteroatoms. The summed E-state index contributed by atoms with van der Waals surface area (Å²) in [6.45, 7) is 3.65. The summed E-state index contributed by atoms with van der Waals surface area (Å²) in [7, 11) is 0. The van der Waals surface area contributed by atoms with Crippen LogP contribution in [-0.4, -0.2) is 37.7 Å². The average molecular weight is 462 g/mol. The van der Waals surface area contributed by atoms with Crippen molar-refractivity contribution in [3.8, 4) is 0 Å². The molecule has 0 spiro atoms. The van der Waals surface area contributed by atoms with Crippen LogP contribution in [0.15, 0.2) is 42.5 Å². The topological polar surface area (TPSA) is 95.7 Å². The van der Waals surface area contributed by atoms with Crippen LogP contribution in [0.25, 0.3) is 11.0 Å². The number of carbonyl (C=O) groups excluding carboxylic acids is 1. The molecule has 34 heavy (non-hydrogen) atoms. The van der Waals surface area contributed by atoms with E-state index in [1.807, 2.05) is 47.4 Å². The highest BCUT2D eigenvalue weighted by Crippen LogP contribution is 2.42. The van der Waals surface area contributed by atoms with E-state index >= 15 is 0 Å². The highest BCUT2D eigenvalue weighted by atomic mass is 16.4. The van der Waals surface area contributed by atoms with Gasteiger partial charge in [-0.3, -0.25) is 9.59 Å². The van der Waals surface area contributed by atoms with Crippen LogP contribution >= 0.6 is 0 Å². The number of benzene rings is 2. The molecule has 2 heterocycles. The van der Waals surface area contributed by atoms with E-state index < -0.39 is 18.0 Å². The third-order valence-corrected chi connectivity index (χ3v) is 7.54. The number of carbonyl (C=O) groups is 2. The Labute approximate surface area is 199 Å². The summed E-state index contributed by atoms with van der Waals surface area (Å²) in [6, 6.07) is 13.5. The van der Waals surface area contributed by atoms with Crippen LogP contribution in [0.2, 0.25) is 0 Å². The van der Waals surface area contributed by atoms with Crippen molar-refractivity contribution in [3.05, 3.63) is 59.4 Å². The first kappa shape index (κ1) is 22.6. The molecule has 1 amide bonds. The Morgan fingerprint density at radius 3 is 2.56 bits per heavy atom. The molecule has 1 fully saturated rings. The summed E-state index contributed by atoms with van der Waals surface area (Å²) in [5.74, 6) is -0.612. The molecule has 2 aromatic carbocycles. The zero-order valence-corrected chi connectivity index (χ0v) is 19.6. The van der Waals surface area contributed by atoms with Gasteiger partial charge in [0.05, 0.1) is 17.0 Å². The smallest absolute Gasteiger partial charge is 0.306 e. The summed E-state index contributed by atoms with van der Waals surface area (Å²) < 4.78 is 2.08. The van der Waals surface area contributed by atoms with Crippen molar-refractivity contribution in [2.45, 2.75) is 70.6 Å². The van der Waals surface area contributed by atoms with E-state index in [2.05, 4.69) is 11.5 Å². The van der Waals surface area contributed by atoms with Gasteiger partial charge in [0.25, 0.3) is 0 Å². The van der Waals surface area contributed by atoms with E-state index in [0.717, 1.165) is 53.5 Å². The number of nitrogens with zero attached hydrogens (tertiary/aromatic N) is 3. The van der Waals surface area contributed by atoms with Crippen LogP contribution in [0.1, 0.15) is 75.0 Å². The van der Waals surface area contributed by atoms with Crippen molar-refractivity contribution in [3.63, 3.8) is 0 Å². The fourth-order valence-corrected chi connectivity index (χ4v) is 5.88. The number of aromatic nitrogens is 2. The van der Waals surface area contributed by atoms with E-state index in [9.17, 15) is 19.8 Å². The van der Waals surface area contributed by atoms with Gasteiger partial charge in [0.2, 0.25) is 5.91 Å². The van der Waals surface area contributed by atoms with Gasteiger partial charge in [-0.1, -0.05) is 36.8 Å². The molecule has 1 aliphatic carbocycles. The molecule has 2 aliphatic rings. The van der Waals surface area contributed by atoms with E-state index in [4.69, 9.17) is 4.98 Å². The van der Waals surface area contributed by atoms with Crippen molar-refractivity contribution >= 4 is 28.6 Å². The number of carboxylic acids is 1. The van der Waals surface area contributed by atoms with Gasteiger partial charge in [-0.05, 0) is 56.7 Å². The highest BCUT2D eigenvalue weighted by molar-refractivity contribution is 5.97. The number of aryl methyl sites for hydroxylation is 1. The largest absolute Gasteiger partial charge is 0.481 e. The van der Waals surface area contributed by atoms with E-state index in [0.29, 0.717) is 18.7 Å². The van der Waals surface area contributed by atoms with E-state index in [-0.39, 0.29) is 18.0 Å². The number of aliphatic hydroxyl groups excluding tert-OH is 1. The molecule has 4 atom stereocenters. The molecule has 3 unspecified atom stereocenters. The first-order chi connectivity index (χ1) is 16.4. The second kappa shape index (κ2) is 8.87. The van der Waals surface area contributed by atoms with Crippen LogP contribution in [0.4, 0.5) is 5.69 Å². The molecule has 0 bridgehead atoms. The molecule has 5 rings (SSSR count). The van der Waals surface area contributed by atoms with Gasteiger partial charge in [-0.15, -0.1) is 0 Å². The first-order valence-electron chi connectivity index (χ1n) is 12.2. The number of carboxylic acid groups (broad SMARTS) is 1. The van der Waals surface area contributed by atoms with E-state index in [1.165, 1.54) is 0 Å². The molecule has 1 aromatic heterocycles. The Morgan fingerprint density at radius 2 is 1.85 bits per heavy atom. The maximum Gasteiger partial charge on any atom is 0.306 e. The van der Waals surface area contributed by atoms with Gasteiger partial charge < -0.3 is 19.7 Å². The van der Waals surface area contributed by atoms with Gasteiger partial charge in [0.1, 0.15) is 11.9 Å². The number of hydrogen-bond acceptors (Lipinski definition) is 4. The monoisotopic (exact) mass is 461 g/mol. The standard InChI is InChI=1S/C27H31N3O4/c1-16-11-12-21-22(29(16)17(2)31)13-14-23-24(21)28-26(25(32)18-7-4-3-5-8-18)30(23)20-10-6-9-19(15-20)27(33)34/h3-5,7-8,13-14,16,19-20,25,32H,6,9-12,15H2,1-2H3,(H,33,34)/t16-,19?,20?,25?/m0/s1. The van der Waals surface area contributed by atoms with Crippen molar-refractivity contribution in [1.29, 1.82) is 0 Å². The minimum absolute atomic E-state index is 0.00774. The van der Waals surface area contributed by atoms with Gasteiger partial charge in [0, 0.05) is 30.3 Å². The summed E-state index contributed by atoms with van der Waals surface area (Å²) in [6.07, 6.45) is 3.58. The Bertz CT molecular complexity index is 1240. The second-order valence-electron chi connectivity index (χ2n) is 9.72. The number of aliphatic hydroxyl groups is 1. The fourth-order valence-electron chi connectivity index (χ4n) is 5.88. The lowest BCUT2D eigenvalue weighted by atomic mass is 9.85. The van der Waals surface area contributed by atoms with Crippen molar-refractivity contribution in [2.75, 3.05) is 4.90 Å². The van der Waals surface area contributed by atoms with E-state index in [1.54, 1.807) is 6.92 Å². The van der Waals surface area contributed by atoms with Crippen LogP contribution in [0.5, 0.6) is 0 Å². The number of amides is 1. The highest BCUT2D eigenvalue weighted by Gasteiger charge is 2.34. The predicted molar refractivity (Wildman–Crippen MR) is 130 cm³/mol. The molecule has 2 N–H and O–H groups in total. The third-order valence-electron chi connectivity index (χ3n) is 7.54. The predicted octanol–water partition coefficient (Wildman–Crippen LogP) is 4.62. The van der Waals surface area contributed by atoms with Crippen LogP contribution in [-0.2, 0) is 16.0 Å². The van der Waals surface area contributed by atoms with Gasteiger partial charge in [0.15, 0.2) is 0 Å². The van der Waals surface area contributed by atoms with Gasteiger partial charge >= 0.3 is 5.97 Å². The zero-order valence-electron chi connectivity index (χ0n) is 19.6. The molecule has 7 nitrogen and oxygen atoms in total. The first-order valence-corrected chi connectivity index (χ1v) is 12.2. The number of anilines is 1. The molecule has 178 valence electrons. The Morgan fingerprint density at radius 1 is 1.09 bits per heavy atom. The third kappa shape index (κ3) is 3.78. The van der Waals surface area contributed by atoms with Crippen LogP contribution in [0, 0.1) is 5.92 Å². The van der Waals surface area contributed by atoms with Crippen LogP contribution in [0.3, 0.4) is 0 Å². The quantitative estimate of drug-likeness (QED) is 0.591. The lowest BCUT2D eigenvalue weighted by molar-refractivity contribution is -0.143. The summed E-state index contributed by atoms with van der Waals surface area (Å²) >= 11 is 0. The molecular formula is C27H31N3O4. The van der Waals surface area contributed by atoms with Crippen molar-refractivity contribution in [1.82, 2.24) is 9.55 Å². The minimum atomic E-state index is -0.930. The fraction of sp³-hybridized carbons (Fsp3) is 0.444. The number of aliphatic carboxylic acids is 1. The second-order valence-corrected chi connectivity index (χ2v) is 9.72. The number of fused-ring (bicyclic) bond motifs is 3. The maximum absolute atomic E-state index is 12.4. The number of imidazole rings is 1. The van der Waals surface area contributed by atoms with Crippen LogP contribution < -0.4 is 4.90 Å². The average Bonchev–Trinajstić information content (AvgIpc) is 3.23. The minimum Gasteiger partial charge on any atom is -0.481 e. The van der Waals surface area contributed by atoms with Gasteiger partial charge in [-0.25, -0.2) is 4.98 Å². The molecular weight excluding hydrogens is 430 g/mol. The molecule has 0 radical (unpaired) electrons. The molecule has 3 aromatic rings. The van der Waals surface area contributed by atoms with Crippen molar-refractivity contribution < 1.29 is 19.8 Å². The van der Waals surface area contributed by atoms with Crippen molar-refractivity contribution in [2.24, 2.45) is 5.92 Å². The SMILES string of the molecule is CC(=O)N1c2ccc3c(nc(C(O)c4ccccc4)n3C3CCCC(C(=O)O)C3)c2CC[C@@H]1C.